The standard InChI is InChI=1S/C21H28N4O/c1-5-24(6-2)13-14-25-12-11-17-15-18(8-10-19(17)25)22-21(26)20-9-7-16(3)23(20)4/h7-12,15H,5-6,13-14H2,1-4H3,(H,22,26). The summed E-state index contributed by atoms with van der Waals surface area (Å²) in [6.07, 6.45) is 2.13. The lowest BCUT2D eigenvalue weighted by Gasteiger charge is -2.18. The summed E-state index contributed by atoms with van der Waals surface area (Å²) in [5, 5.41) is 4.15. The van der Waals surface area contributed by atoms with E-state index in [1.165, 1.54) is 5.52 Å². The van der Waals surface area contributed by atoms with Crippen molar-refractivity contribution < 1.29 is 4.79 Å². The largest absolute Gasteiger partial charge is 0.346 e. The SMILES string of the molecule is CCN(CC)CCn1ccc2cc(NC(=O)c3ccc(C)n3C)ccc21. The molecule has 0 spiro atoms. The maximum Gasteiger partial charge on any atom is 0.272 e. The predicted octanol–water partition coefficient (Wildman–Crippen LogP) is 3.88. The minimum Gasteiger partial charge on any atom is -0.346 e. The van der Waals surface area contributed by atoms with Gasteiger partial charge in [-0.3, -0.25) is 4.79 Å². The van der Waals surface area contributed by atoms with Crippen LogP contribution in [0.25, 0.3) is 10.9 Å². The highest BCUT2D eigenvalue weighted by atomic mass is 16.1. The van der Waals surface area contributed by atoms with E-state index in [9.17, 15) is 4.79 Å². The molecule has 0 atom stereocenters. The van der Waals surface area contributed by atoms with Gasteiger partial charge in [0.2, 0.25) is 0 Å². The molecule has 26 heavy (non-hydrogen) atoms. The van der Waals surface area contributed by atoms with E-state index in [-0.39, 0.29) is 5.91 Å². The molecule has 3 aromatic rings. The average molecular weight is 352 g/mol. The molecule has 0 saturated heterocycles. The lowest BCUT2D eigenvalue weighted by molar-refractivity contribution is 0.101. The third kappa shape index (κ3) is 3.68. The van der Waals surface area contributed by atoms with Gasteiger partial charge in [-0.1, -0.05) is 13.8 Å². The summed E-state index contributed by atoms with van der Waals surface area (Å²) in [6, 6.07) is 12.0. The smallest absolute Gasteiger partial charge is 0.272 e. The van der Waals surface area contributed by atoms with Gasteiger partial charge in [0.25, 0.3) is 5.91 Å². The van der Waals surface area contributed by atoms with Crippen LogP contribution < -0.4 is 5.32 Å². The second kappa shape index (κ2) is 7.79. The molecule has 138 valence electrons. The van der Waals surface area contributed by atoms with Gasteiger partial charge in [-0.2, -0.15) is 0 Å². The van der Waals surface area contributed by atoms with Crippen LogP contribution in [0.4, 0.5) is 5.69 Å². The Balaban J connectivity index is 1.74. The quantitative estimate of drug-likeness (QED) is 0.701. The summed E-state index contributed by atoms with van der Waals surface area (Å²) in [5.41, 5.74) is 3.75. The number of carbonyl (C=O) groups excluding carboxylic acids is 1. The van der Waals surface area contributed by atoms with Crippen molar-refractivity contribution in [1.82, 2.24) is 14.0 Å². The Morgan fingerprint density at radius 1 is 1.12 bits per heavy atom. The second-order valence-corrected chi connectivity index (χ2v) is 6.68. The molecular weight excluding hydrogens is 324 g/mol. The van der Waals surface area contributed by atoms with Gasteiger partial charge in [0.1, 0.15) is 5.69 Å². The summed E-state index contributed by atoms with van der Waals surface area (Å²) in [4.78, 5) is 14.9. The van der Waals surface area contributed by atoms with Gasteiger partial charge < -0.3 is 19.4 Å². The topological polar surface area (TPSA) is 42.2 Å². The maximum absolute atomic E-state index is 12.5. The molecule has 1 amide bonds. The van der Waals surface area contributed by atoms with Gasteiger partial charge in [-0.05, 0) is 56.4 Å². The number of fused-ring (bicyclic) bond motifs is 1. The Kier molecular flexibility index (Phi) is 5.47. The zero-order valence-corrected chi connectivity index (χ0v) is 16.1. The summed E-state index contributed by atoms with van der Waals surface area (Å²) < 4.78 is 4.18. The van der Waals surface area contributed by atoms with Gasteiger partial charge in [0.15, 0.2) is 0 Å². The number of aromatic nitrogens is 2. The zero-order valence-electron chi connectivity index (χ0n) is 16.1. The fourth-order valence-electron chi connectivity index (χ4n) is 3.30. The first-order chi connectivity index (χ1) is 12.5. The summed E-state index contributed by atoms with van der Waals surface area (Å²) >= 11 is 0. The Morgan fingerprint density at radius 3 is 2.54 bits per heavy atom. The zero-order chi connectivity index (χ0) is 18.7. The summed E-state index contributed by atoms with van der Waals surface area (Å²) in [7, 11) is 1.91. The fraction of sp³-hybridized carbons (Fsp3) is 0.381. The van der Waals surface area contributed by atoms with Gasteiger partial charge in [-0.25, -0.2) is 0 Å². The van der Waals surface area contributed by atoms with Crippen LogP contribution in [0, 0.1) is 6.92 Å². The van der Waals surface area contributed by atoms with Crippen LogP contribution >= 0.6 is 0 Å². The highest BCUT2D eigenvalue weighted by Gasteiger charge is 2.12. The van der Waals surface area contributed by atoms with Gasteiger partial charge in [0.05, 0.1) is 0 Å². The van der Waals surface area contributed by atoms with Crippen LogP contribution in [0.5, 0.6) is 0 Å². The van der Waals surface area contributed by atoms with E-state index in [0.717, 1.165) is 42.9 Å². The molecule has 0 unspecified atom stereocenters. The van der Waals surface area contributed by atoms with Crippen molar-refractivity contribution in [3.05, 3.63) is 54.0 Å². The Bertz CT molecular complexity index is 902. The van der Waals surface area contributed by atoms with E-state index in [1.807, 2.05) is 42.8 Å². The van der Waals surface area contributed by atoms with Gasteiger partial charge >= 0.3 is 0 Å². The summed E-state index contributed by atoms with van der Waals surface area (Å²) in [6.45, 7) is 10.5. The van der Waals surface area contributed by atoms with E-state index < -0.39 is 0 Å². The lowest BCUT2D eigenvalue weighted by atomic mass is 10.2. The van der Waals surface area contributed by atoms with Crippen molar-refractivity contribution >= 4 is 22.5 Å². The van der Waals surface area contributed by atoms with Crippen molar-refractivity contribution in [2.24, 2.45) is 7.05 Å². The van der Waals surface area contributed by atoms with Crippen molar-refractivity contribution in [1.29, 1.82) is 0 Å². The first-order valence-corrected chi connectivity index (χ1v) is 9.28. The van der Waals surface area contributed by atoms with E-state index in [1.54, 1.807) is 0 Å². The number of amides is 1. The number of anilines is 1. The van der Waals surface area contributed by atoms with Gasteiger partial charge in [0, 0.05) is 48.6 Å². The van der Waals surface area contributed by atoms with Crippen LogP contribution in [0.15, 0.2) is 42.6 Å². The van der Waals surface area contributed by atoms with Crippen molar-refractivity contribution in [2.45, 2.75) is 27.3 Å². The van der Waals surface area contributed by atoms with Crippen molar-refractivity contribution in [3.63, 3.8) is 0 Å². The number of hydrogen-bond acceptors (Lipinski definition) is 2. The van der Waals surface area contributed by atoms with Crippen LogP contribution in [-0.2, 0) is 13.6 Å². The molecule has 3 rings (SSSR count). The maximum atomic E-state index is 12.5. The molecule has 0 aliphatic heterocycles. The molecule has 1 aromatic carbocycles. The number of benzene rings is 1. The monoisotopic (exact) mass is 352 g/mol. The van der Waals surface area contributed by atoms with E-state index in [4.69, 9.17) is 0 Å². The number of aryl methyl sites for hydroxylation is 1. The number of carbonyl (C=O) groups is 1. The first-order valence-electron chi connectivity index (χ1n) is 9.28. The van der Waals surface area contributed by atoms with Crippen LogP contribution in [-0.4, -0.2) is 39.6 Å². The van der Waals surface area contributed by atoms with Gasteiger partial charge in [-0.15, -0.1) is 0 Å². The van der Waals surface area contributed by atoms with Crippen LogP contribution in [0.2, 0.25) is 0 Å². The third-order valence-corrected chi connectivity index (χ3v) is 5.19. The Hall–Kier alpha value is -2.53. The van der Waals surface area contributed by atoms with E-state index in [0.29, 0.717) is 5.69 Å². The van der Waals surface area contributed by atoms with Crippen LogP contribution in [0.1, 0.15) is 30.0 Å². The molecule has 2 aromatic heterocycles. The number of likely N-dealkylation sites (N-methyl/N-ethyl adjacent to an activating group) is 1. The molecule has 0 bridgehead atoms. The molecule has 5 heteroatoms. The highest BCUT2D eigenvalue weighted by Crippen LogP contribution is 2.21. The number of nitrogens with one attached hydrogen (secondary N) is 1. The van der Waals surface area contributed by atoms with Crippen molar-refractivity contribution in [3.8, 4) is 0 Å². The summed E-state index contributed by atoms with van der Waals surface area (Å²) in [5.74, 6) is -0.0825. The molecule has 5 nitrogen and oxygen atoms in total. The first kappa shape index (κ1) is 18.3. The average Bonchev–Trinajstić information content (AvgIpc) is 3.19. The molecular formula is C21H28N4O. The Morgan fingerprint density at radius 2 is 1.88 bits per heavy atom. The molecule has 0 radical (unpaired) electrons. The minimum atomic E-state index is -0.0825. The Labute approximate surface area is 155 Å². The lowest BCUT2D eigenvalue weighted by Crippen LogP contribution is -2.26. The number of hydrogen-bond donors (Lipinski definition) is 1. The molecule has 2 heterocycles. The minimum absolute atomic E-state index is 0.0825. The van der Waals surface area contributed by atoms with E-state index in [2.05, 4.69) is 47.0 Å². The second-order valence-electron chi connectivity index (χ2n) is 6.68. The normalized spacial score (nSPS) is 11.4. The molecule has 1 N–H and O–H groups in total. The van der Waals surface area contributed by atoms with E-state index >= 15 is 0 Å². The highest BCUT2D eigenvalue weighted by molar-refractivity contribution is 6.04. The van der Waals surface area contributed by atoms with Crippen molar-refractivity contribution in [2.75, 3.05) is 25.0 Å². The fourth-order valence-corrected chi connectivity index (χ4v) is 3.30. The molecule has 0 aliphatic carbocycles. The molecule has 0 aliphatic rings. The number of rotatable bonds is 7. The predicted molar refractivity (Wildman–Crippen MR) is 108 cm³/mol. The van der Waals surface area contributed by atoms with Crippen LogP contribution in [0.3, 0.4) is 0 Å². The molecule has 0 saturated carbocycles. The number of nitrogens with zero attached hydrogens (tertiary/aromatic N) is 3. The third-order valence-electron chi connectivity index (χ3n) is 5.19. The molecule has 0 fully saturated rings.